The molecular formula is C8H16F2N4O3S. The van der Waals surface area contributed by atoms with E-state index >= 15 is 0 Å². The van der Waals surface area contributed by atoms with Gasteiger partial charge in [0.15, 0.2) is 5.84 Å². The molecule has 1 saturated heterocycles. The van der Waals surface area contributed by atoms with E-state index in [0.29, 0.717) is 0 Å². The highest BCUT2D eigenvalue weighted by Gasteiger charge is 2.35. The molecule has 18 heavy (non-hydrogen) atoms. The molecule has 10 heteroatoms. The molecule has 3 N–H and O–H groups in total. The van der Waals surface area contributed by atoms with Crippen molar-refractivity contribution in [3.8, 4) is 0 Å². The Hall–Kier alpha value is -1.00. The van der Waals surface area contributed by atoms with E-state index in [-0.39, 0.29) is 38.1 Å². The van der Waals surface area contributed by atoms with E-state index < -0.39 is 15.8 Å². The summed E-state index contributed by atoms with van der Waals surface area (Å²) in [6.45, 7) is 2.13. The molecule has 1 aliphatic rings. The molecular weight excluding hydrogens is 270 g/mol. The molecule has 1 atom stereocenters. The zero-order chi connectivity index (χ0) is 13.9. The van der Waals surface area contributed by atoms with Gasteiger partial charge in [0.05, 0.1) is 6.04 Å². The largest absolute Gasteiger partial charge is 0.409 e. The highest BCUT2D eigenvalue weighted by atomic mass is 32.2. The Kier molecular flexibility index (Phi) is 4.82. The summed E-state index contributed by atoms with van der Waals surface area (Å²) >= 11 is 0. The number of nitrogens with zero attached hydrogens (tertiary/aromatic N) is 3. The Morgan fingerprint density at radius 1 is 1.33 bits per heavy atom. The van der Waals surface area contributed by atoms with E-state index in [9.17, 15) is 17.2 Å². The number of sulfonamides is 1. The van der Waals surface area contributed by atoms with Crippen molar-refractivity contribution in [1.29, 1.82) is 0 Å². The maximum absolute atomic E-state index is 12.3. The van der Waals surface area contributed by atoms with Gasteiger partial charge in [0.1, 0.15) is 0 Å². The van der Waals surface area contributed by atoms with Gasteiger partial charge >= 0.3 is 5.76 Å². The van der Waals surface area contributed by atoms with Gasteiger partial charge in [-0.15, -0.1) is 0 Å². The summed E-state index contributed by atoms with van der Waals surface area (Å²) < 4.78 is 47.8. The third kappa shape index (κ3) is 3.06. The fourth-order valence-electron chi connectivity index (χ4n) is 1.73. The monoisotopic (exact) mass is 286 g/mol. The fourth-order valence-corrected chi connectivity index (χ4v) is 2.63. The number of halogens is 2. The first-order chi connectivity index (χ1) is 8.30. The van der Waals surface area contributed by atoms with E-state index in [4.69, 9.17) is 10.9 Å². The second-order valence-corrected chi connectivity index (χ2v) is 5.84. The van der Waals surface area contributed by atoms with Crippen LogP contribution in [0.4, 0.5) is 8.78 Å². The van der Waals surface area contributed by atoms with Gasteiger partial charge in [-0.3, -0.25) is 4.90 Å². The van der Waals surface area contributed by atoms with Gasteiger partial charge in [0.2, 0.25) is 0 Å². The average molecular weight is 286 g/mol. The molecule has 0 aromatic rings. The second kappa shape index (κ2) is 5.76. The standard InChI is InChI=1S/C8H16F2N4O3S/c1-6(7(11)12-15)13-2-4-14(5-3-13)18(16,17)8(9)10/h6,8,15H,2-5H2,1H3,(H2,11,12). The van der Waals surface area contributed by atoms with Gasteiger partial charge in [0.25, 0.3) is 10.0 Å². The van der Waals surface area contributed by atoms with E-state index in [2.05, 4.69) is 5.16 Å². The maximum Gasteiger partial charge on any atom is 0.350 e. The SMILES string of the molecule is CC(C(N)=NO)N1CCN(S(=O)(=O)C(F)F)CC1. The molecule has 1 rings (SSSR count). The van der Waals surface area contributed by atoms with Crippen LogP contribution >= 0.6 is 0 Å². The highest BCUT2D eigenvalue weighted by molar-refractivity contribution is 7.89. The van der Waals surface area contributed by atoms with Crippen molar-refractivity contribution in [3.63, 3.8) is 0 Å². The van der Waals surface area contributed by atoms with Crippen molar-refractivity contribution in [1.82, 2.24) is 9.21 Å². The van der Waals surface area contributed by atoms with Gasteiger partial charge in [-0.1, -0.05) is 5.16 Å². The molecule has 106 valence electrons. The Morgan fingerprint density at radius 2 is 1.83 bits per heavy atom. The minimum Gasteiger partial charge on any atom is -0.409 e. The number of hydrogen-bond acceptors (Lipinski definition) is 5. The van der Waals surface area contributed by atoms with Gasteiger partial charge in [0, 0.05) is 26.2 Å². The van der Waals surface area contributed by atoms with Crippen LogP contribution in [0.25, 0.3) is 0 Å². The zero-order valence-electron chi connectivity index (χ0n) is 9.83. The van der Waals surface area contributed by atoms with Gasteiger partial charge in [-0.05, 0) is 6.92 Å². The van der Waals surface area contributed by atoms with Crippen LogP contribution in [0.3, 0.4) is 0 Å². The predicted octanol–water partition coefficient (Wildman–Crippen LogP) is -0.709. The number of amidine groups is 1. The lowest BCUT2D eigenvalue weighted by atomic mass is 10.2. The van der Waals surface area contributed by atoms with Gasteiger partial charge in [-0.2, -0.15) is 13.1 Å². The summed E-state index contributed by atoms with van der Waals surface area (Å²) in [5, 5.41) is 11.4. The molecule has 0 radical (unpaired) electrons. The quantitative estimate of drug-likeness (QED) is 0.308. The summed E-state index contributed by atoms with van der Waals surface area (Å²) in [5.74, 6) is -3.40. The van der Waals surface area contributed by atoms with Crippen molar-refractivity contribution < 1.29 is 22.4 Å². The number of hydrogen-bond donors (Lipinski definition) is 2. The lowest BCUT2D eigenvalue weighted by Gasteiger charge is -2.36. The second-order valence-electron chi connectivity index (χ2n) is 3.94. The molecule has 1 unspecified atom stereocenters. The zero-order valence-corrected chi connectivity index (χ0v) is 10.6. The van der Waals surface area contributed by atoms with Crippen LogP contribution in [0.15, 0.2) is 5.16 Å². The van der Waals surface area contributed by atoms with Crippen LogP contribution < -0.4 is 5.73 Å². The molecule has 1 fully saturated rings. The summed E-state index contributed by atoms with van der Waals surface area (Å²) in [5.41, 5.74) is 5.42. The minimum absolute atomic E-state index is 0.000154. The predicted molar refractivity (Wildman–Crippen MR) is 60.9 cm³/mol. The molecule has 0 bridgehead atoms. The lowest BCUT2D eigenvalue weighted by molar-refractivity contribution is 0.157. The van der Waals surface area contributed by atoms with E-state index in [1.807, 2.05) is 0 Å². The average Bonchev–Trinajstić information content (AvgIpc) is 2.36. The third-order valence-corrected chi connectivity index (χ3v) is 4.48. The smallest absolute Gasteiger partial charge is 0.350 e. The normalized spacial score (nSPS) is 22.3. The van der Waals surface area contributed by atoms with E-state index in [1.165, 1.54) is 0 Å². The first-order valence-electron chi connectivity index (χ1n) is 5.29. The first kappa shape index (κ1) is 15.1. The molecule has 0 spiro atoms. The summed E-state index contributed by atoms with van der Waals surface area (Å²) in [6, 6.07) is -0.369. The number of oxime groups is 1. The molecule has 0 aromatic heterocycles. The van der Waals surface area contributed by atoms with Crippen LogP contribution in [0.1, 0.15) is 6.92 Å². The summed E-state index contributed by atoms with van der Waals surface area (Å²) in [6.07, 6.45) is 0. The van der Waals surface area contributed by atoms with Crippen molar-refractivity contribution in [2.24, 2.45) is 10.9 Å². The maximum atomic E-state index is 12.3. The number of rotatable bonds is 4. The first-order valence-corrected chi connectivity index (χ1v) is 6.79. The molecule has 0 aliphatic carbocycles. The molecule has 0 amide bonds. The van der Waals surface area contributed by atoms with Crippen molar-refractivity contribution >= 4 is 15.9 Å². The van der Waals surface area contributed by atoms with Crippen molar-refractivity contribution in [3.05, 3.63) is 0 Å². The molecule has 7 nitrogen and oxygen atoms in total. The Balaban J connectivity index is 2.62. The highest BCUT2D eigenvalue weighted by Crippen LogP contribution is 2.15. The molecule has 0 aromatic carbocycles. The van der Waals surface area contributed by atoms with E-state index in [1.54, 1.807) is 11.8 Å². The Morgan fingerprint density at radius 3 is 2.22 bits per heavy atom. The van der Waals surface area contributed by atoms with Gasteiger partial charge in [-0.25, -0.2) is 8.42 Å². The topological polar surface area (TPSA) is 99.2 Å². The minimum atomic E-state index is -4.51. The molecule has 1 aliphatic heterocycles. The third-order valence-electron chi connectivity index (χ3n) is 2.95. The number of nitrogens with two attached hydrogens (primary N) is 1. The van der Waals surface area contributed by atoms with Crippen molar-refractivity contribution in [2.45, 2.75) is 18.7 Å². The number of piperazine rings is 1. The molecule has 1 heterocycles. The van der Waals surface area contributed by atoms with Crippen LogP contribution in [0, 0.1) is 0 Å². The Bertz CT molecular complexity index is 407. The van der Waals surface area contributed by atoms with Crippen LogP contribution in [-0.4, -0.2) is 66.6 Å². The summed E-state index contributed by atoms with van der Waals surface area (Å²) in [7, 11) is -4.51. The van der Waals surface area contributed by atoms with Gasteiger partial charge < -0.3 is 10.9 Å². The van der Waals surface area contributed by atoms with Crippen molar-refractivity contribution in [2.75, 3.05) is 26.2 Å². The lowest BCUT2D eigenvalue weighted by Crippen LogP contribution is -2.55. The summed E-state index contributed by atoms with van der Waals surface area (Å²) in [4.78, 5) is 1.76. The van der Waals surface area contributed by atoms with Crippen LogP contribution in [0.2, 0.25) is 0 Å². The number of alkyl halides is 2. The Labute approximate surface area is 104 Å². The van der Waals surface area contributed by atoms with Crippen LogP contribution in [-0.2, 0) is 10.0 Å². The fraction of sp³-hybridized carbons (Fsp3) is 0.875. The van der Waals surface area contributed by atoms with E-state index in [0.717, 1.165) is 4.31 Å². The van der Waals surface area contributed by atoms with Crippen LogP contribution in [0.5, 0.6) is 0 Å². The molecule has 0 saturated carbocycles.